The van der Waals surface area contributed by atoms with E-state index in [-0.39, 0.29) is 22.4 Å². The summed E-state index contributed by atoms with van der Waals surface area (Å²) in [5, 5.41) is 6.99. The van der Waals surface area contributed by atoms with Gasteiger partial charge in [-0.05, 0) is 38.6 Å². The molecular weight excluding hydrogens is 444 g/mol. The van der Waals surface area contributed by atoms with Crippen molar-refractivity contribution in [1.29, 1.82) is 0 Å². The molecule has 4 rings (SSSR count). The van der Waals surface area contributed by atoms with Crippen LogP contribution in [-0.2, 0) is 22.9 Å². The lowest BCUT2D eigenvalue weighted by Crippen LogP contribution is -2.47. The van der Waals surface area contributed by atoms with Crippen molar-refractivity contribution in [2.75, 3.05) is 39.8 Å². The molecule has 1 aliphatic heterocycles. The molecular formula is C22H30N6O4S. The smallest absolute Gasteiger partial charge is 0.279 e. The Labute approximate surface area is 193 Å². The third kappa shape index (κ3) is 4.80. The molecule has 2 N–H and O–H groups in total. The summed E-state index contributed by atoms with van der Waals surface area (Å²) in [5.74, 6) is 1.000. The Morgan fingerprint density at radius 1 is 1.12 bits per heavy atom. The van der Waals surface area contributed by atoms with Gasteiger partial charge in [-0.3, -0.25) is 9.89 Å². The summed E-state index contributed by atoms with van der Waals surface area (Å²) >= 11 is 0. The lowest BCUT2D eigenvalue weighted by Gasteiger charge is -2.31. The molecule has 1 fully saturated rings. The predicted molar refractivity (Wildman–Crippen MR) is 125 cm³/mol. The van der Waals surface area contributed by atoms with Crippen LogP contribution in [0.1, 0.15) is 37.4 Å². The third-order valence-electron chi connectivity index (χ3n) is 5.82. The summed E-state index contributed by atoms with van der Waals surface area (Å²) in [4.78, 5) is 22.3. The minimum Gasteiger partial charge on any atom is -0.494 e. The van der Waals surface area contributed by atoms with Crippen molar-refractivity contribution >= 4 is 21.1 Å². The van der Waals surface area contributed by atoms with E-state index in [2.05, 4.69) is 25.1 Å². The number of fused-ring (bicyclic) bond motifs is 1. The van der Waals surface area contributed by atoms with E-state index in [0.717, 1.165) is 18.5 Å². The largest absolute Gasteiger partial charge is 0.494 e. The molecule has 0 amide bonds. The van der Waals surface area contributed by atoms with Crippen LogP contribution < -0.4 is 10.3 Å². The Kier molecular flexibility index (Phi) is 6.82. The van der Waals surface area contributed by atoms with E-state index in [9.17, 15) is 13.2 Å². The van der Waals surface area contributed by atoms with E-state index in [1.807, 2.05) is 20.9 Å². The van der Waals surface area contributed by atoms with E-state index in [4.69, 9.17) is 4.74 Å². The number of nitrogens with one attached hydrogen (secondary N) is 2. The van der Waals surface area contributed by atoms with Gasteiger partial charge in [-0.25, -0.2) is 13.4 Å². The molecule has 3 aromatic rings. The van der Waals surface area contributed by atoms with Gasteiger partial charge in [0.25, 0.3) is 5.56 Å². The first-order valence-corrected chi connectivity index (χ1v) is 12.7. The fraction of sp³-hybridized carbons (Fsp3) is 0.500. The van der Waals surface area contributed by atoms with E-state index >= 15 is 0 Å². The average Bonchev–Trinajstić information content (AvgIpc) is 3.19. The van der Waals surface area contributed by atoms with Gasteiger partial charge < -0.3 is 14.6 Å². The lowest BCUT2D eigenvalue weighted by molar-refractivity contribution is 0.222. The van der Waals surface area contributed by atoms with Crippen LogP contribution in [0.2, 0.25) is 0 Å². The van der Waals surface area contributed by atoms with E-state index in [1.165, 1.54) is 4.31 Å². The van der Waals surface area contributed by atoms with Crippen LogP contribution in [0.15, 0.2) is 27.9 Å². The zero-order chi connectivity index (χ0) is 23.6. The molecule has 0 atom stereocenters. The van der Waals surface area contributed by atoms with Gasteiger partial charge in [0.1, 0.15) is 17.1 Å². The number of sulfonamides is 1. The number of aromatic nitrogens is 4. The summed E-state index contributed by atoms with van der Waals surface area (Å²) in [6.07, 6.45) is 1.85. The van der Waals surface area contributed by atoms with E-state index in [0.29, 0.717) is 55.4 Å². The highest BCUT2D eigenvalue weighted by molar-refractivity contribution is 7.89. The molecule has 11 heteroatoms. The topological polar surface area (TPSA) is 124 Å². The van der Waals surface area contributed by atoms with Crippen molar-refractivity contribution in [3.05, 3.63) is 45.6 Å². The second-order valence-corrected chi connectivity index (χ2v) is 10.2. The number of ether oxygens (including phenoxy) is 1. The molecule has 0 aliphatic carbocycles. The van der Waals surface area contributed by atoms with Crippen LogP contribution in [0.25, 0.3) is 11.0 Å². The van der Waals surface area contributed by atoms with Crippen molar-refractivity contribution in [3.8, 4) is 5.75 Å². The number of piperazine rings is 1. The van der Waals surface area contributed by atoms with E-state index < -0.39 is 10.0 Å². The number of rotatable bonds is 8. The molecule has 3 heterocycles. The number of nitrogens with zero attached hydrogens (tertiary/aromatic N) is 4. The number of likely N-dealkylation sites (N-methyl/N-ethyl adjacent to an activating group) is 1. The lowest BCUT2D eigenvalue weighted by atomic mass is 10.1. The van der Waals surface area contributed by atoms with Crippen LogP contribution in [0.4, 0.5) is 0 Å². The molecule has 0 spiro atoms. The van der Waals surface area contributed by atoms with Crippen LogP contribution >= 0.6 is 0 Å². The Bertz CT molecular complexity index is 1290. The first-order valence-electron chi connectivity index (χ1n) is 11.2. The monoisotopic (exact) mass is 474 g/mol. The normalized spacial score (nSPS) is 15.8. The Morgan fingerprint density at radius 3 is 2.58 bits per heavy atom. The van der Waals surface area contributed by atoms with Gasteiger partial charge in [-0.1, -0.05) is 13.3 Å². The fourth-order valence-electron chi connectivity index (χ4n) is 4.02. The zero-order valence-corrected chi connectivity index (χ0v) is 20.0. The molecule has 1 aromatic carbocycles. The second kappa shape index (κ2) is 9.62. The van der Waals surface area contributed by atoms with Gasteiger partial charge in [-0.2, -0.15) is 9.40 Å². The highest BCUT2D eigenvalue weighted by Gasteiger charge is 2.28. The van der Waals surface area contributed by atoms with Crippen LogP contribution in [0.5, 0.6) is 5.75 Å². The van der Waals surface area contributed by atoms with Crippen molar-refractivity contribution in [2.24, 2.45) is 0 Å². The molecule has 1 aliphatic rings. The Morgan fingerprint density at radius 2 is 1.88 bits per heavy atom. The zero-order valence-electron chi connectivity index (χ0n) is 19.2. The number of hydrogen-bond donors (Lipinski definition) is 2. The van der Waals surface area contributed by atoms with Crippen LogP contribution in [0, 0.1) is 0 Å². The SMILES string of the molecule is CCCc1[nH]nc2c(=O)[nH]c(Cc3cc(S(=O)(=O)N4CCN(C)CC4)ccc3OCC)nc12. The molecule has 178 valence electrons. The van der Waals surface area contributed by atoms with Crippen LogP contribution in [-0.4, -0.2) is 77.6 Å². The van der Waals surface area contributed by atoms with E-state index in [1.54, 1.807) is 18.2 Å². The summed E-state index contributed by atoms with van der Waals surface area (Å²) in [6, 6.07) is 4.89. The highest BCUT2D eigenvalue weighted by Crippen LogP contribution is 2.27. The molecule has 0 unspecified atom stereocenters. The number of benzene rings is 1. The highest BCUT2D eigenvalue weighted by atomic mass is 32.2. The van der Waals surface area contributed by atoms with Crippen molar-refractivity contribution in [1.82, 2.24) is 29.4 Å². The van der Waals surface area contributed by atoms with Crippen molar-refractivity contribution in [3.63, 3.8) is 0 Å². The minimum atomic E-state index is -3.64. The second-order valence-electron chi connectivity index (χ2n) is 8.25. The quantitative estimate of drug-likeness (QED) is 0.507. The molecule has 10 nitrogen and oxygen atoms in total. The Hall–Kier alpha value is -2.76. The third-order valence-corrected chi connectivity index (χ3v) is 7.72. The summed E-state index contributed by atoms with van der Waals surface area (Å²) in [5.41, 5.74) is 1.97. The van der Waals surface area contributed by atoms with Crippen LogP contribution in [0.3, 0.4) is 0 Å². The molecule has 2 aromatic heterocycles. The number of hydrogen-bond acceptors (Lipinski definition) is 7. The first kappa shape index (κ1) is 23.4. The maximum Gasteiger partial charge on any atom is 0.279 e. The maximum atomic E-state index is 13.3. The molecule has 0 radical (unpaired) electrons. The van der Waals surface area contributed by atoms with Crippen molar-refractivity contribution < 1.29 is 13.2 Å². The number of aryl methyl sites for hydroxylation is 1. The number of H-pyrrole nitrogens is 2. The first-order chi connectivity index (χ1) is 15.8. The van der Waals surface area contributed by atoms with Gasteiger partial charge >= 0.3 is 0 Å². The summed E-state index contributed by atoms with van der Waals surface area (Å²) in [6.45, 7) is 6.64. The van der Waals surface area contributed by atoms with Gasteiger partial charge in [0.2, 0.25) is 10.0 Å². The van der Waals surface area contributed by atoms with Crippen molar-refractivity contribution in [2.45, 2.75) is 38.0 Å². The molecule has 1 saturated heterocycles. The minimum absolute atomic E-state index is 0.212. The Balaban J connectivity index is 1.71. The average molecular weight is 475 g/mol. The molecule has 0 saturated carbocycles. The predicted octanol–water partition coefficient (Wildman–Crippen LogP) is 1.52. The van der Waals surface area contributed by atoms with Gasteiger partial charge in [0.15, 0.2) is 5.52 Å². The fourth-order valence-corrected chi connectivity index (χ4v) is 5.49. The van der Waals surface area contributed by atoms with Gasteiger partial charge in [0, 0.05) is 38.2 Å². The summed E-state index contributed by atoms with van der Waals surface area (Å²) in [7, 11) is -1.65. The standard InChI is InChI=1S/C22H30N6O4S/c1-4-6-17-20-21(26-25-17)22(29)24-19(23-20)14-15-13-16(7-8-18(15)32-5-2)33(30,31)28-11-9-27(3)10-12-28/h7-8,13H,4-6,9-12,14H2,1-3H3,(H,25,26)(H,23,24,29). The number of aromatic amines is 2. The molecule has 33 heavy (non-hydrogen) atoms. The summed E-state index contributed by atoms with van der Waals surface area (Å²) < 4.78 is 33.8. The molecule has 0 bridgehead atoms. The maximum absolute atomic E-state index is 13.3. The van der Waals surface area contributed by atoms with Gasteiger partial charge in [0.05, 0.1) is 17.2 Å². The van der Waals surface area contributed by atoms with Gasteiger partial charge in [-0.15, -0.1) is 0 Å².